The molecule has 6 heteroatoms. The fraction of sp³-hybridized carbons (Fsp3) is 0.333. The fourth-order valence-corrected chi connectivity index (χ4v) is 2.30. The average Bonchev–Trinajstić information content (AvgIpc) is 2.85. The van der Waals surface area contributed by atoms with Gasteiger partial charge in [-0.15, -0.1) is 11.3 Å². The van der Waals surface area contributed by atoms with E-state index in [4.69, 9.17) is 17.3 Å². The second-order valence-electron chi connectivity index (χ2n) is 3.08. The third-order valence-electron chi connectivity index (χ3n) is 2.20. The third kappa shape index (κ3) is 1.90. The molecule has 0 saturated carbocycles. The van der Waals surface area contributed by atoms with Crippen LogP contribution in [0, 0.1) is 0 Å². The summed E-state index contributed by atoms with van der Waals surface area (Å²) in [5, 5.41) is 6.66. The van der Waals surface area contributed by atoms with Gasteiger partial charge >= 0.3 is 0 Å². The number of rotatable bonds is 3. The lowest BCUT2D eigenvalue weighted by Gasteiger charge is -2.11. The predicted molar refractivity (Wildman–Crippen MR) is 61.1 cm³/mol. The summed E-state index contributed by atoms with van der Waals surface area (Å²) in [5.41, 5.74) is 9.50. The Hall–Kier alpha value is -0.910. The lowest BCUT2D eigenvalue weighted by molar-refractivity contribution is 0.597. The second kappa shape index (κ2) is 4.30. The molecule has 2 rings (SSSR count). The standard InChI is InChI=1S/C9H11ClN4S/c1-2-14-9(6(10)3-13-14)8(11)7-4-15-5-12-7/h3-5,8H,2,11H2,1H3. The highest BCUT2D eigenvalue weighted by atomic mass is 35.5. The van der Waals surface area contributed by atoms with Crippen molar-refractivity contribution in [2.75, 3.05) is 0 Å². The number of aryl methyl sites for hydroxylation is 1. The summed E-state index contributed by atoms with van der Waals surface area (Å²) in [5.74, 6) is 0. The molecule has 0 aliphatic heterocycles. The largest absolute Gasteiger partial charge is 0.318 e. The molecule has 0 spiro atoms. The van der Waals surface area contributed by atoms with Crippen molar-refractivity contribution in [1.29, 1.82) is 0 Å². The van der Waals surface area contributed by atoms with Crippen molar-refractivity contribution in [2.24, 2.45) is 5.73 Å². The molecule has 1 unspecified atom stereocenters. The van der Waals surface area contributed by atoms with Crippen LogP contribution in [0.25, 0.3) is 0 Å². The number of nitrogens with zero attached hydrogens (tertiary/aromatic N) is 3. The zero-order chi connectivity index (χ0) is 10.8. The van der Waals surface area contributed by atoms with Crippen LogP contribution in [0.2, 0.25) is 5.02 Å². The maximum Gasteiger partial charge on any atom is 0.0920 e. The maximum absolute atomic E-state index is 6.08. The first-order chi connectivity index (χ1) is 7.24. The monoisotopic (exact) mass is 242 g/mol. The van der Waals surface area contributed by atoms with Gasteiger partial charge in [-0.3, -0.25) is 4.68 Å². The lowest BCUT2D eigenvalue weighted by Crippen LogP contribution is -2.17. The minimum absolute atomic E-state index is 0.300. The zero-order valence-electron chi connectivity index (χ0n) is 8.22. The Morgan fingerprint density at radius 3 is 3.07 bits per heavy atom. The van der Waals surface area contributed by atoms with Crippen molar-refractivity contribution >= 4 is 22.9 Å². The topological polar surface area (TPSA) is 56.7 Å². The summed E-state index contributed by atoms with van der Waals surface area (Å²) in [6, 6.07) is -0.300. The zero-order valence-corrected chi connectivity index (χ0v) is 9.79. The van der Waals surface area contributed by atoms with Crippen LogP contribution in [0.5, 0.6) is 0 Å². The van der Waals surface area contributed by atoms with Gasteiger partial charge in [-0.2, -0.15) is 5.10 Å². The summed E-state index contributed by atoms with van der Waals surface area (Å²) in [6.07, 6.45) is 1.62. The smallest absolute Gasteiger partial charge is 0.0920 e. The van der Waals surface area contributed by atoms with Crippen LogP contribution >= 0.6 is 22.9 Å². The van der Waals surface area contributed by atoms with Crippen molar-refractivity contribution in [2.45, 2.75) is 19.5 Å². The van der Waals surface area contributed by atoms with Crippen LogP contribution in [-0.4, -0.2) is 14.8 Å². The molecule has 15 heavy (non-hydrogen) atoms. The minimum atomic E-state index is -0.300. The van der Waals surface area contributed by atoms with E-state index in [1.807, 2.05) is 12.3 Å². The Morgan fingerprint density at radius 1 is 1.67 bits per heavy atom. The van der Waals surface area contributed by atoms with Crippen LogP contribution in [0.15, 0.2) is 17.1 Å². The summed E-state index contributed by atoms with van der Waals surface area (Å²) in [4.78, 5) is 4.18. The number of hydrogen-bond donors (Lipinski definition) is 1. The molecule has 0 aliphatic rings. The van der Waals surface area contributed by atoms with Gasteiger partial charge in [0.1, 0.15) is 0 Å². The van der Waals surface area contributed by atoms with Crippen LogP contribution in [0.4, 0.5) is 0 Å². The Labute approximate surface area is 96.7 Å². The van der Waals surface area contributed by atoms with Crippen molar-refractivity contribution < 1.29 is 0 Å². The van der Waals surface area contributed by atoms with E-state index in [-0.39, 0.29) is 6.04 Å². The van der Waals surface area contributed by atoms with E-state index in [1.165, 1.54) is 11.3 Å². The third-order valence-corrected chi connectivity index (χ3v) is 3.09. The second-order valence-corrected chi connectivity index (χ2v) is 4.21. The van der Waals surface area contributed by atoms with E-state index < -0.39 is 0 Å². The Kier molecular flexibility index (Phi) is 3.04. The Bertz CT molecular complexity index is 437. The summed E-state index contributed by atoms with van der Waals surface area (Å²) in [6.45, 7) is 2.75. The van der Waals surface area contributed by atoms with Gasteiger partial charge in [0.2, 0.25) is 0 Å². The molecule has 0 aliphatic carbocycles. The van der Waals surface area contributed by atoms with Gasteiger partial charge in [0.05, 0.1) is 34.2 Å². The van der Waals surface area contributed by atoms with Crippen molar-refractivity contribution in [1.82, 2.24) is 14.8 Å². The molecular formula is C9H11ClN4S. The lowest BCUT2D eigenvalue weighted by atomic mass is 10.2. The maximum atomic E-state index is 6.08. The van der Waals surface area contributed by atoms with Gasteiger partial charge in [0.25, 0.3) is 0 Å². The predicted octanol–water partition coefficient (Wildman–Crippen LogP) is 2.06. The highest BCUT2D eigenvalue weighted by molar-refractivity contribution is 7.07. The molecule has 0 bridgehead atoms. The SMILES string of the molecule is CCn1ncc(Cl)c1C(N)c1cscn1. The molecule has 0 saturated heterocycles. The first-order valence-corrected chi connectivity index (χ1v) is 5.91. The van der Waals surface area contributed by atoms with E-state index >= 15 is 0 Å². The molecule has 0 amide bonds. The molecule has 2 aromatic rings. The average molecular weight is 243 g/mol. The molecule has 80 valence electrons. The van der Waals surface area contributed by atoms with Gasteiger partial charge < -0.3 is 5.73 Å². The Balaban J connectivity index is 2.40. The normalized spacial score (nSPS) is 13.0. The molecule has 4 nitrogen and oxygen atoms in total. The van der Waals surface area contributed by atoms with Gasteiger partial charge in [0.15, 0.2) is 0 Å². The van der Waals surface area contributed by atoms with E-state index in [1.54, 1.807) is 16.4 Å². The van der Waals surface area contributed by atoms with Crippen molar-refractivity contribution in [3.05, 3.63) is 33.5 Å². The van der Waals surface area contributed by atoms with E-state index in [0.29, 0.717) is 5.02 Å². The van der Waals surface area contributed by atoms with E-state index in [2.05, 4.69) is 10.1 Å². The highest BCUT2D eigenvalue weighted by Gasteiger charge is 2.19. The van der Waals surface area contributed by atoms with Crippen LogP contribution < -0.4 is 5.73 Å². The fourth-order valence-electron chi connectivity index (χ4n) is 1.45. The van der Waals surface area contributed by atoms with Gasteiger partial charge in [-0.25, -0.2) is 4.98 Å². The van der Waals surface area contributed by atoms with Gasteiger partial charge in [0, 0.05) is 11.9 Å². The first kappa shape index (κ1) is 10.6. The van der Waals surface area contributed by atoms with Crippen molar-refractivity contribution in [3.8, 4) is 0 Å². The molecule has 0 fully saturated rings. The van der Waals surface area contributed by atoms with Crippen LogP contribution in [0.3, 0.4) is 0 Å². The molecular weight excluding hydrogens is 232 g/mol. The Morgan fingerprint density at radius 2 is 2.47 bits per heavy atom. The number of hydrogen-bond acceptors (Lipinski definition) is 4. The summed E-state index contributed by atoms with van der Waals surface area (Å²) >= 11 is 7.57. The van der Waals surface area contributed by atoms with Crippen LogP contribution in [-0.2, 0) is 6.54 Å². The van der Waals surface area contributed by atoms with E-state index in [9.17, 15) is 0 Å². The first-order valence-electron chi connectivity index (χ1n) is 4.59. The van der Waals surface area contributed by atoms with Gasteiger partial charge in [-0.1, -0.05) is 11.6 Å². The van der Waals surface area contributed by atoms with E-state index in [0.717, 1.165) is 17.9 Å². The molecule has 2 N–H and O–H groups in total. The molecule has 0 radical (unpaired) electrons. The van der Waals surface area contributed by atoms with Crippen LogP contribution in [0.1, 0.15) is 24.4 Å². The molecule has 2 heterocycles. The number of halogens is 1. The molecule has 2 aromatic heterocycles. The van der Waals surface area contributed by atoms with Crippen molar-refractivity contribution in [3.63, 3.8) is 0 Å². The number of thiazole rings is 1. The molecule has 1 atom stereocenters. The quantitative estimate of drug-likeness (QED) is 0.897. The van der Waals surface area contributed by atoms with Gasteiger partial charge in [-0.05, 0) is 6.92 Å². The molecule has 0 aromatic carbocycles. The summed E-state index contributed by atoms with van der Waals surface area (Å²) < 4.78 is 1.80. The summed E-state index contributed by atoms with van der Waals surface area (Å²) in [7, 11) is 0. The number of aromatic nitrogens is 3. The number of nitrogens with two attached hydrogens (primary N) is 1. The minimum Gasteiger partial charge on any atom is -0.318 e. The highest BCUT2D eigenvalue weighted by Crippen LogP contribution is 2.25.